The molecule has 0 bridgehead atoms. The fourth-order valence-corrected chi connectivity index (χ4v) is 2.54. The van der Waals surface area contributed by atoms with E-state index in [4.69, 9.17) is 4.74 Å². The summed E-state index contributed by atoms with van der Waals surface area (Å²) in [4.78, 5) is 0. The van der Waals surface area contributed by atoms with E-state index in [9.17, 15) is 4.39 Å². The first-order valence-corrected chi connectivity index (χ1v) is 5.66. The molecule has 1 aliphatic heterocycles. The lowest BCUT2D eigenvalue weighted by molar-refractivity contribution is 0.366. The third kappa shape index (κ3) is 1.80. The number of hydrogen-bond donors (Lipinski definition) is 1. The van der Waals surface area contributed by atoms with E-state index in [1.807, 2.05) is 6.92 Å². The summed E-state index contributed by atoms with van der Waals surface area (Å²) in [6.07, 6.45) is 2.14. The van der Waals surface area contributed by atoms with Gasteiger partial charge >= 0.3 is 0 Å². The molecular weight excluding hydrogens is 205 g/mol. The second-order valence-electron chi connectivity index (χ2n) is 4.67. The van der Waals surface area contributed by atoms with Crippen LogP contribution in [-0.2, 0) is 5.54 Å². The van der Waals surface area contributed by atoms with Gasteiger partial charge in [-0.05, 0) is 50.9 Å². The Morgan fingerprint density at radius 3 is 2.75 bits per heavy atom. The molecule has 1 aromatic carbocycles. The molecule has 1 aliphatic rings. The minimum Gasteiger partial charge on any atom is -0.496 e. The molecule has 2 nitrogen and oxygen atoms in total. The lowest BCUT2D eigenvalue weighted by Gasteiger charge is -2.27. The molecule has 0 aromatic heterocycles. The van der Waals surface area contributed by atoms with E-state index in [0.717, 1.165) is 36.3 Å². The Labute approximate surface area is 95.8 Å². The molecule has 1 heterocycles. The number of hydrogen-bond acceptors (Lipinski definition) is 2. The van der Waals surface area contributed by atoms with E-state index in [0.29, 0.717) is 0 Å². The number of methoxy groups -OCH3 is 1. The molecule has 1 saturated heterocycles. The Kier molecular flexibility index (Phi) is 2.89. The van der Waals surface area contributed by atoms with Crippen LogP contribution in [0, 0.1) is 12.7 Å². The van der Waals surface area contributed by atoms with Gasteiger partial charge in [-0.1, -0.05) is 0 Å². The van der Waals surface area contributed by atoms with E-state index in [1.54, 1.807) is 13.2 Å². The van der Waals surface area contributed by atoms with Crippen LogP contribution in [0.3, 0.4) is 0 Å². The summed E-state index contributed by atoms with van der Waals surface area (Å²) < 4.78 is 18.9. The van der Waals surface area contributed by atoms with Crippen LogP contribution in [0.4, 0.5) is 4.39 Å². The average molecular weight is 223 g/mol. The molecule has 0 amide bonds. The van der Waals surface area contributed by atoms with Gasteiger partial charge in [-0.15, -0.1) is 0 Å². The third-order valence-electron chi connectivity index (χ3n) is 3.41. The normalized spacial score (nSPS) is 24.8. The highest BCUT2D eigenvalue weighted by Gasteiger charge is 2.33. The van der Waals surface area contributed by atoms with Gasteiger partial charge in [0, 0.05) is 11.1 Å². The van der Waals surface area contributed by atoms with Crippen LogP contribution in [0.15, 0.2) is 12.1 Å². The number of rotatable bonds is 2. The predicted molar refractivity (Wildman–Crippen MR) is 62.3 cm³/mol. The van der Waals surface area contributed by atoms with Crippen molar-refractivity contribution in [2.24, 2.45) is 0 Å². The molecule has 3 heteroatoms. The Bertz CT molecular complexity index is 397. The van der Waals surface area contributed by atoms with E-state index in [2.05, 4.69) is 12.2 Å². The van der Waals surface area contributed by atoms with E-state index >= 15 is 0 Å². The van der Waals surface area contributed by atoms with Gasteiger partial charge in [0.25, 0.3) is 0 Å². The first-order chi connectivity index (χ1) is 7.57. The van der Waals surface area contributed by atoms with Crippen LogP contribution in [-0.4, -0.2) is 13.7 Å². The molecule has 1 unspecified atom stereocenters. The standard InChI is InChI=1S/C13H18FNO/c1-9-7-10(14)8-11(12(9)16-3)13(2)5-4-6-15-13/h7-8,15H,4-6H2,1-3H3. The van der Waals surface area contributed by atoms with Crippen molar-refractivity contribution in [1.82, 2.24) is 5.32 Å². The molecule has 0 spiro atoms. The van der Waals surface area contributed by atoms with Crippen molar-refractivity contribution >= 4 is 0 Å². The average Bonchev–Trinajstić information content (AvgIpc) is 2.65. The van der Waals surface area contributed by atoms with Gasteiger partial charge in [0.2, 0.25) is 0 Å². The largest absolute Gasteiger partial charge is 0.496 e. The summed E-state index contributed by atoms with van der Waals surface area (Å²) in [6, 6.07) is 3.10. The van der Waals surface area contributed by atoms with Gasteiger partial charge in [-0.25, -0.2) is 4.39 Å². The van der Waals surface area contributed by atoms with Crippen LogP contribution in [0.5, 0.6) is 5.75 Å². The van der Waals surface area contributed by atoms with Crippen molar-refractivity contribution in [1.29, 1.82) is 0 Å². The van der Waals surface area contributed by atoms with E-state index in [1.165, 1.54) is 6.07 Å². The summed E-state index contributed by atoms with van der Waals surface area (Å²) in [5.41, 5.74) is 1.63. The zero-order valence-electron chi connectivity index (χ0n) is 10.1. The number of ether oxygens (including phenoxy) is 1. The molecular formula is C13H18FNO. The number of halogens is 1. The predicted octanol–water partition coefficient (Wildman–Crippen LogP) is 2.74. The van der Waals surface area contributed by atoms with Crippen LogP contribution in [0.1, 0.15) is 30.9 Å². The van der Waals surface area contributed by atoms with Crippen molar-refractivity contribution in [3.63, 3.8) is 0 Å². The number of nitrogens with one attached hydrogen (secondary N) is 1. The molecule has 16 heavy (non-hydrogen) atoms. The maximum Gasteiger partial charge on any atom is 0.127 e. The summed E-state index contributed by atoms with van der Waals surface area (Å²) in [5, 5.41) is 3.43. The Balaban J connectivity index is 2.53. The van der Waals surface area contributed by atoms with Crippen LogP contribution >= 0.6 is 0 Å². The summed E-state index contributed by atoms with van der Waals surface area (Å²) in [6.45, 7) is 4.97. The van der Waals surface area contributed by atoms with Gasteiger partial charge in [0.05, 0.1) is 7.11 Å². The zero-order chi connectivity index (χ0) is 11.8. The molecule has 1 aromatic rings. The zero-order valence-corrected chi connectivity index (χ0v) is 10.1. The highest BCUT2D eigenvalue weighted by molar-refractivity contribution is 5.45. The van der Waals surface area contributed by atoms with E-state index < -0.39 is 0 Å². The smallest absolute Gasteiger partial charge is 0.127 e. The highest BCUT2D eigenvalue weighted by Crippen LogP contribution is 2.38. The molecule has 88 valence electrons. The molecule has 1 fully saturated rings. The van der Waals surface area contributed by atoms with Crippen molar-refractivity contribution in [3.8, 4) is 5.75 Å². The Morgan fingerprint density at radius 1 is 1.44 bits per heavy atom. The molecule has 1 atom stereocenters. The molecule has 1 N–H and O–H groups in total. The van der Waals surface area contributed by atoms with Gasteiger partial charge in [-0.2, -0.15) is 0 Å². The fourth-order valence-electron chi connectivity index (χ4n) is 2.54. The van der Waals surface area contributed by atoms with Gasteiger partial charge in [0.15, 0.2) is 0 Å². The molecule has 0 aliphatic carbocycles. The minimum atomic E-state index is -0.191. The lowest BCUT2D eigenvalue weighted by atomic mass is 9.88. The maximum absolute atomic E-state index is 13.5. The van der Waals surface area contributed by atoms with Gasteiger partial charge in [0.1, 0.15) is 11.6 Å². The molecule has 2 rings (SSSR count). The van der Waals surface area contributed by atoms with Crippen molar-refractivity contribution in [3.05, 3.63) is 29.1 Å². The lowest BCUT2D eigenvalue weighted by Crippen LogP contribution is -2.33. The number of benzene rings is 1. The first kappa shape index (κ1) is 11.4. The van der Waals surface area contributed by atoms with Crippen molar-refractivity contribution in [2.45, 2.75) is 32.2 Å². The molecule has 0 saturated carbocycles. The summed E-state index contributed by atoms with van der Waals surface area (Å²) >= 11 is 0. The van der Waals surface area contributed by atoms with E-state index in [-0.39, 0.29) is 11.4 Å². The van der Waals surface area contributed by atoms with Crippen LogP contribution in [0.2, 0.25) is 0 Å². The maximum atomic E-state index is 13.5. The van der Waals surface area contributed by atoms with Crippen LogP contribution in [0.25, 0.3) is 0 Å². The first-order valence-electron chi connectivity index (χ1n) is 5.66. The summed E-state index contributed by atoms with van der Waals surface area (Å²) in [5.74, 6) is 0.613. The number of aryl methyl sites for hydroxylation is 1. The second kappa shape index (κ2) is 4.06. The SMILES string of the molecule is COc1c(C)cc(F)cc1C1(C)CCCN1. The minimum absolute atomic E-state index is 0.155. The quantitative estimate of drug-likeness (QED) is 0.832. The summed E-state index contributed by atoms with van der Waals surface area (Å²) in [7, 11) is 1.64. The second-order valence-corrected chi connectivity index (χ2v) is 4.67. The Morgan fingerprint density at radius 2 is 2.19 bits per heavy atom. The van der Waals surface area contributed by atoms with Crippen LogP contribution < -0.4 is 10.1 Å². The van der Waals surface area contributed by atoms with Crippen molar-refractivity contribution < 1.29 is 9.13 Å². The monoisotopic (exact) mass is 223 g/mol. The highest BCUT2D eigenvalue weighted by atomic mass is 19.1. The Hall–Kier alpha value is -1.09. The van der Waals surface area contributed by atoms with Gasteiger partial charge in [-0.3, -0.25) is 0 Å². The van der Waals surface area contributed by atoms with Crippen molar-refractivity contribution in [2.75, 3.05) is 13.7 Å². The fraction of sp³-hybridized carbons (Fsp3) is 0.538. The third-order valence-corrected chi connectivity index (χ3v) is 3.41. The topological polar surface area (TPSA) is 21.3 Å². The molecule has 0 radical (unpaired) electrons. The van der Waals surface area contributed by atoms with Gasteiger partial charge < -0.3 is 10.1 Å².